The number of benzene rings is 1. The molecule has 0 aromatic heterocycles. The van der Waals surface area contributed by atoms with E-state index in [0.29, 0.717) is 6.04 Å². The maximum absolute atomic E-state index is 13.5. The van der Waals surface area contributed by atoms with Gasteiger partial charge in [0, 0.05) is 31.4 Å². The lowest BCUT2D eigenvalue weighted by Gasteiger charge is -2.37. The van der Waals surface area contributed by atoms with Gasteiger partial charge in [-0.1, -0.05) is 6.92 Å². The Kier molecular flexibility index (Phi) is 3.94. The molecule has 1 saturated heterocycles. The molecule has 2 unspecified atom stereocenters. The molecule has 1 saturated carbocycles. The van der Waals surface area contributed by atoms with Crippen LogP contribution in [0, 0.1) is 11.7 Å². The second-order valence-electron chi connectivity index (χ2n) is 6.21. The fourth-order valence-corrected chi connectivity index (χ4v) is 2.90. The van der Waals surface area contributed by atoms with Crippen molar-refractivity contribution in [1.29, 1.82) is 0 Å². The zero-order valence-corrected chi connectivity index (χ0v) is 12.0. The number of nitrogens with zero attached hydrogens (tertiary/aromatic N) is 1. The van der Waals surface area contributed by atoms with E-state index in [-0.39, 0.29) is 17.8 Å². The van der Waals surface area contributed by atoms with E-state index in [1.165, 1.54) is 18.9 Å². The van der Waals surface area contributed by atoms with E-state index < -0.39 is 0 Å². The lowest BCUT2D eigenvalue weighted by atomic mass is 9.95. The van der Waals surface area contributed by atoms with Gasteiger partial charge in [0.2, 0.25) is 0 Å². The highest BCUT2D eigenvalue weighted by Gasteiger charge is 2.26. The summed E-state index contributed by atoms with van der Waals surface area (Å²) in [6, 6.07) is 5.67. The zero-order chi connectivity index (χ0) is 14.1. The molecule has 0 spiro atoms. The van der Waals surface area contributed by atoms with Crippen molar-refractivity contribution in [2.75, 3.05) is 18.0 Å². The van der Waals surface area contributed by atoms with Crippen molar-refractivity contribution in [2.45, 2.75) is 44.9 Å². The smallest absolute Gasteiger partial charge is 0.123 e. The fourth-order valence-electron chi connectivity index (χ4n) is 2.90. The van der Waals surface area contributed by atoms with Gasteiger partial charge in [-0.2, -0.15) is 0 Å². The molecule has 2 fully saturated rings. The molecule has 2 atom stereocenters. The average Bonchev–Trinajstić information content (AvgIpc) is 3.24. The molecule has 20 heavy (non-hydrogen) atoms. The van der Waals surface area contributed by atoms with E-state index >= 15 is 0 Å². The lowest BCUT2D eigenvalue weighted by molar-refractivity contribution is 0.0970. The third kappa shape index (κ3) is 3.13. The summed E-state index contributed by atoms with van der Waals surface area (Å²) in [7, 11) is 0. The predicted molar refractivity (Wildman–Crippen MR) is 78.3 cm³/mol. The number of nitrogens with one attached hydrogen (secondary N) is 1. The van der Waals surface area contributed by atoms with E-state index in [1.54, 1.807) is 6.07 Å². The lowest BCUT2D eigenvalue weighted by Crippen LogP contribution is -2.42. The van der Waals surface area contributed by atoms with Gasteiger partial charge < -0.3 is 15.3 Å². The Balaban J connectivity index is 1.76. The first-order valence-corrected chi connectivity index (χ1v) is 7.58. The van der Waals surface area contributed by atoms with Crippen molar-refractivity contribution < 1.29 is 9.50 Å². The highest BCUT2D eigenvalue weighted by atomic mass is 19.1. The molecule has 0 amide bonds. The number of anilines is 1. The number of aliphatic hydroxyl groups excluding tert-OH is 1. The van der Waals surface area contributed by atoms with Crippen LogP contribution in [0.3, 0.4) is 0 Å². The van der Waals surface area contributed by atoms with Crippen molar-refractivity contribution in [3.05, 3.63) is 29.6 Å². The first-order chi connectivity index (χ1) is 9.63. The first kappa shape index (κ1) is 13.8. The maximum Gasteiger partial charge on any atom is 0.123 e. The number of rotatable bonds is 4. The van der Waals surface area contributed by atoms with Crippen molar-refractivity contribution in [3.63, 3.8) is 0 Å². The second kappa shape index (κ2) is 5.70. The Hall–Kier alpha value is -1.13. The molecule has 1 heterocycles. The minimum absolute atomic E-state index is 0.175. The highest BCUT2D eigenvalue weighted by Crippen LogP contribution is 2.28. The quantitative estimate of drug-likeness (QED) is 0.887. The van der Waals surface area contributed by atoms with E-state index in [1.807, 2.05) is 6.07 Å². The molecule has 3 rings (SSSR count). The van der Waals surface area contributed by atoms with Crippen molar-refractivity contribution in [1.82, 2.24) is 5.32 Å². The minimum Gasteiger partial charge on any atom is -0.393 e. The number of halogens is 1. The molecule has 2 aliphatic rings. The average molecular weight is 278 g/mol. The van der Waals surface area contributed by atoms with Crippen LogP contribution in [0.1, 0.15) is 31.7 Å². The van der Waals surface area contributed by atoms with E-state index in [0.717, 1.165) is 37.3 Å². The molecule has 3 nitrogen and oxygen atoms in total. The van der Waals surface area contributed by atoms with Crippen LogP contribution in [-0.2, 0) is 6.54 Å². The van der Waals surface area contributed by atoms with Gasteiger partial charge >= 0.3 is 0 Å². The first-order valence-electron chi connectivity index (χ1n) is 7.58. The maximum atomic E-state index is 13.5. The van der Waals surface area contributed by atoms with Gasteiger partial charge in [0.1, 0.15) is 5.82 Å². The summed E-state index contributed by atoms with van der Waals surface area (Å²) in [5, 5.41) is 13.3. The highest BCUT2D eigenvalue weighted by molar-refractivity contribution is 5.54. The number of aliphatic hydroxyl groups is 1. The standard InChI is InChI=1S/C16H23FN2O/c1-11-10-19(7-6-16(11)20)15-5-2-13(17)8-12(15)9-18-14-3-4-14/h2,5,8,11,14,16,18,20H,3-4,6-7,9-10H2,1H3. The van der Waals surface area contributed by atoms with Crippen LogP contribution < -0.4 is 10.2 Å². The minimum atomic E-state index is -0.209. The summed E-state index contributed by atoms with van der Waals surface area (Å²) < 4.78 is 13.5. The largest absolute Gasteiger partial charge is 0.393 e. The second-order valence-corrected chi connectivity index (χ2v) is 6.21. The topological polar surface area (TPSA) is 35.5 Å². The van der Waals surface area contributed by atoms with Crippen molar-refractivity contribution >= 4 is 5.69 Å². The van der Waals surface area contributed by atoms with Crippen LogP contribution >= 0.6 is 0 Å². The molecule has 4 heteroatoms. The molecule has 1 aliphatic heterocycles. The fraction of sp³-hybridized carbons (Fsp3) is 0.625. The Bertz CT molecular complexity index is 476. The summed E-state index contributed by atoms with van der Waals surface area (Å²) in [6.45, 7) is 4.48. The van der Waals surface area contributed by atoms with Gasteiger partial charge in [-0.15, -0.1) is 0 Å². The Morgan fingerprint density at radius 1 is 1.35 bits per heavy atom. The Morgan fingerprint density at radius 3 is 2.85 bits per heavy atom. The summed E-state index contributed by atoms with van der Waals surface area (Å²) in [6.07, 6.45) is 3.04. The van der Waals surface area contributed by atoms with Crippen LogP contribution in [0.2, 0.25) is 0 Å². The number of hydrogen-bond donors (Lipinski definition) is 2. The molecule has 0 radical (unpaired) electrons. The molecule has 1 aromatic carbocycles. The summed E-state index contributed by atoms with van der Waals surface area (Å²) >= 11 is 0. The van der Waals surface area contributed by atoms with Crippen LogP contribution in [0.4, 0.5) is 10.1 Å². The third-order valence-corrected chi connectivity index (χ3v) is 4.40. The van der Waals surface area contributed by atoms with Gasteiger partial charge in [0.15, 0.2) is 0 Å². The van der Waals surface area contributed by atoms with Crippen LogP contribution in [0.25, 0.3) is 0 Å². The van der Waals surface area contributed by atoms with E-state index in [4.69, 9.17) is 0 Å². The number of hydrogen-bond acceptors (Lipinski definition) is 3. The SMILES string of the molecule is CC1CN(c2ccc(F)cc2CNC2CC2)CCC1O. The summed E-state index contributed by atoms with van der Waals surface area (Å²) in [5.74, 6) is 0.0875. The third-order valence-electron chi connectivity index (χ3n) is 4.40. The molecule has 1 aromatic rings. The van der Waals surface area contributed by atoms with Gasteiger partial charge in [0.25, 0.3) is 0 Å². The molecule has 110 valence electrons. The van der Waals surface area contributed by atoms with Gasteiger partial charge in [-0.05, 0) is 48.9 Å². The van der Waals surface area contributed by atoms with Crippen LogP contribution in [-0.4, -0.2) is 30.3 Å². The van der Waals surface area contributed by atoms with E-state index in [2.05, 4.69) is 17.1 Å². The zero-order valence-electron chi connectivity index (χ0n) is 12.0. The van der Waals surface area contributed by atoms with Gasteiger partial charge in [-0.25, -0.2) is 4.39 Å². The molecular formula is C16H23FN2O. The molecule has 2 N–H and O–H groups in total. The molecule has 1 aliphatic carbocycles. The van der Waals surface area contributed by atoms with Gasteiger partial charge in [-0.3, -0.25) is 0 Å². The summed E-state index contributed by atoms with van der Waals surface area (Å²) in [4.78, 5) is 2.28. The predicted octanol–water partition coefficient (Wildman–Crippen LogP) is 2.28. The number of piperidine rings is 1. The van der Waals surface area contributed by atoms with Crippen molar-refractivity contribution in [2.24, 2.45) is 5.92 Å². The summed E-state index contributed by atoms with van der Waals surface area (Å²) in [5.41, 5.74) is 2.14. The molecular weight excluding hydrogens is 255 g/mol. The van der Waals surface area contributed by atoms with E-state index in [9.17, 15) is 9.50 Å². The monoisotopic (exact) mass is 278 g/mol. The Labute approximate surface area is 119 Å². The normalized spacial score (nSPS) is 26.9. The van der Waals surface area contributed by atoms with Crippen molar-refractivity contribution in [3.8, 4) is 0 Å². The van der Waals surface area contributed by atoms with Gasteiger partial charge in [0.05, 0.1) is 6.10 Å². The Morgan fingerprint density at radius 2 is 2.15 bits per heavy atom. The molecule has 0 bridgehead atoms. The van der Waals surface area contributed by atoms with Crippen LogP contribution in [0.15, 0.2) is 18.2 Å². The van der Waals surface area contributed by atoms with Crippen LogP contribution in [0.5, 0.6) is 0 Å².